The molecule has 1 heterocycles. The maximum absolute atomic E-state index is 11.9. The number of hydrogen-bond donors (Lipinski definition) is 3. The van der Waals surface area contributed by atoms with E-state index in [0.717, 1.165) is 16.5 Å². The number of aromatic nitrogens is 1. The molecule has 20 heavy (non-hydrogen) atoms. The predicted octanol–water partition coefficient (Wildman–Crippen LogP) is 2.14. The van der Waals surface area contributed by atoms with Crippen LogP contribution in [0.4, 0.5) is 11.4 Å². The monoisotopic (exact) mass is 272 g/mol. The summed E-state index contributed by atoms with van der Waals surface area (Å²) < 4.78 is 0. The highest BCUT2D eigenvalue weighted by molar-refractivity contribution is 5.99. The van der Waals surface area contributed by atoms with Crippen LogP contribution in [0.5, 0.6) is 0 Å². The number of nitrogens with two attached hydrogens (primary N) is 1. The molecule has 1 aromatic heterocycles. The van der Waals surface area contributed by atoms with Gasteiger partial charge in [0.15, 0.2) is 0 Å². The first-order chi connectivity index (χ1) is 9.49. The molecule has 4 N–H and O–H groups in total. The molecule has 1 unspecified atom stereocenters. The normalized spacial score (nSPS) is 12.4. The Bertz CT molecular complexity index is 624. The summed E-state index contributed by atoms with van der Waals surface area (Å²) in [7, 11) is 0. The zero-order chi connectivity index (χ0) is 14.7. The lowest BCUT2D eigenvalue weighted by molar-refractivity contribution is -0.122. The number of nitrogens with one attached hydrogen (secondary N) is 2. The van der Waals surface area contributed by atoms with Gasteiger partial charge in [-0.15, -0.1) is 0 Å². The van der Waals surface area contributed by atoms with Crippen molar-refractivity contribution in [3.63, 3.8) is 0 Å². The average Bonchev–Trinajstić information content (AvgIpc) is 2.41. The van der Waals surface area contributed by atoms with Crippen LogP contribution in [0.1, 0.15) is 20.8 Å². The molecular weight excluding hydrogens is 252 g/mol. The van der Waals surface area contributed by atoms with E-state index in [1.165, 1.54) is 0 Å². The van der Waals surface area contributed by atoms with Crippen molar-refractivity contribution in [1.82, 2.24) is 10.3 Å². The molecule has 2 aromatic rings. The fourth-order valence-corrected chi connectivity index (χ4v) is 2.03. The van der Waals surface area contributed by atoms with Gasteiger partial charge in [0.05, 0.1) is 11.4 Å². The molecule has 0 bridgehead atoms. The van der Waals surface area contributed by atoms with Gasteiger partial charge in [-0.2, -0.15) is 0 Å². The summed E-state index contributed by atoms with van der Waals surface area (Å²) in [5, 5.41) is 7.93. The van der Waals surface area contributed by atoms with Gasteiger partial charge in [0.25, 0.3) is 0 Å². The van der Waals surface area contributed by atoms with E-state index in [2.05, 4.69) is 15.6 Å². The van der Waals surface area contributed by atoms with Gasteiger partial charge in [-0.25, -0.2) is 0 Å². The Morgan fingerprint density at radius 3 is 2.70 bits per heavy atom. The van der Waals surface area contributed by atoms with Crippen molar-refractivity contribution < 1.29 is 4.79 Å². The number of nitrogens with zero attached hydrogens (tertiary/aromatic N) is 1. The third kappa shape index (κ3) is 2.99. The van der Waals surface area contributed by atoms with Crippen LogP contribution in [0.15, 0.2) is 30.6 Å². The highest BCUT2D eigenvalue weighted by Crippen LogP contribution is 2.28. The van der Waals surface area contributed by atoms with Crippen LogP contribution in [0.2, 0.25) is 0 Å². The predicted molar refractivity (Wildman–Crippen MR) is 82.5 cm³/mol. The molecule has 0 radical (unpaired) electrons. The second kappa shape index (κ2) is 5.77. The first-order valence-corrected chi connectivity index (χ1v) is 6.68. The SMILES string of the molecule is CC(C)NC(=O)C(C)Nc1ccc2cnccc2c1N. The summed E-state index contributed by atoms with van der Waals surface area (Å²) in [6, 6.07) is 5.45. The quantitative estimate of drug-likeness (QED) is 0.745. The fourth-order valence-electron chi connectivity index (χ4n) is 2.03. The second-order valence-electron chi connectivity index (χ2n) is 5.15. The minimum atomic E-state index is -0.348. The molecule has 5 nitrogen and oxygen atoms in total. The van der Waals surface area contributed by atoms with Gasteiger partial charge in [0.2, 0.25) is 5.91 Å². The highest BCUT2D eigenvalue weighted by Gasteiger charge is 2.15. The molecule has 1 aromatic carbocycles. The number of carbonyl (C=O) groups excluding carboxylic acids is 1. The summed E-state index contributed by atoms with van der Waals surface area (Å²) in [6.07, 6.45) is 3.47. The number of amides is 1. The summed E-state index contributed by atoms with van der Waals surface area (Å²) >= 11 is 0. The Balaban J connectivity index is 2.21. The molecule has 0 aliphatic carbocycles. The number of nitrogen functional groups attached to an aromatic ring is 1. The third-order valence-electron chi connectivity index (χ3n) is 3.06. The maximum Gasteiger partial charge on any atom is 0.242 e. The lowest BCUT2D eigenvalue weighted by atomic mass is 10.1. The topological polar surface area (TPSA) is 80.0 Å². The molecule has 1 amide bonds. The smallest absolute Gasteiger partial charge is 0.242 e. The van der Waals surface area contributed by atoms with E-state index in [9.17, 15) is 4.79 Å². The standard InChI is InChI=1S/C15H20N4O/c1-9(2)18-15(20)10(3)19-13-5-4-11-8-17-7-6-12(11)14(13)16/h4-10,19H,16H2,1-3H3,(H,18,20). The van der Waals surface area contributed by atoms with E-state index in [1.807, 2.05) is 39.0 Å². The molecule has 0 saturated carbocycles. The molecular formula is C15H20N4O. The molecule has 106 valence electrons. The molecule has 0 aliphatic heterocycles. The lowest BCUT2D eigenvalue weighted by Crippen LogP contribution is -2.41. The van der Waals surface area contributed by atoms with Gasteiger partial charge in [-0.3, -0.25) is 9.78 Å². The Kier molecular flexibility index (Phi) is 4.08. The van der Waals surface area contributed by atoms with Crippen molar-refractivity contribution in [3.05, 3.63) is 30.6 Å². The number of pyridine rings is 1. The van der Waals surface area contributed by atoms with Crippen LogP contribution in [-0.2, 0) is 4.79 Å². The molecule has 5 heteroatoms. The van der Waals surface area contributed by atoms with Crippen molar-refractivity contribution in [2.45, 2.75) is 32.9 Å². The van der Waals surface area contributed by atoms with Crippen molar-refractivity contribution in [3.8, 4) is 0 Å². The van der Waals surface area contributed by atoms with E-state index in [0.29, 0.717) is 5.69 Å². The molecule has 0 saturated heterocycles. The first kappa shape index (κ1) is 14.1. The minimum Gasteiger partial charge on any atom is -0.397 e. The number of hydrogen-bond acceptors (Lipinski definition) is 4. The van der Waals surface area contributed by atoms with Crippen molar-refractivity contribution in [2.24, 2.45) is 0 Å². The Morgan fingerprint density at radius 1 is 1.25 bits per heavy atom. The summed E-state index contributed by atoms with van der Waals surface area (Å²) in [4.78, 5) is 16.0. The van der Waals surface area contributed by atoms with E-state index in [4.69, 9.17) is 5.73 Å². The van der Waals surface area contributed by atoms with Gasteiger partial charge in [0.1, 0.15) is 6.04 Å². The van der Waals surface area contributed by atoms with E-state index in [-0.39, 0.29) is 18.0 Å². The van der Waals surface area contributed by atoms with Crippen molar-refractivity contribution in [2.75, 3.05) is 11.1 Å². The molecule has 0 spiro atoms. The summed E-state index contributed by atoms with van der Waals surface area (Å²) in [5.41, 5.74) is 7.54. The first-order valence-electron chi connectivity index (χ1n) is 6.68. The number of benzene rings is 1. The van der Waals surface area contributed by atoms with E-state index in [1.54, 1.807) is 12.4 Å². The number of carbonyl (C=O) groups is 1. The Morgan fingerprint density at radius 2 is 2.00 bits per heavy atom. The zero-order valence-corrected chi connectivity index (χ0v) is 12.0. The number of rotatable bonds is 4. The van der Waals surface area contributed by atoms with E-state index >= 15 is 0 Å². The Hall–Kier alpha value is -2.30. The van der Waals surface area contributed by atoms with Crippen molar-refractivity contribution in [1.29, 1.82) is 0 Å². The van der Waals surface area contributed by atoms with Gasteiger partial charge in [-0.05, 0) is 32.9 Å². The van der Waals surface area contributed by atoms with Crippen LogP contribution in [0.3, 0.4) is 0 Å². The molecule has 0 aliphatic rings. The van der Waals surface area contributed by atoms with Gasteiger partial charge in [0, 0.05) is 29.2 Å². The van der Waals surface area contributed by atoms with Gasteiger partial charge >= 0.3 is 0 Å². The highest BCUT2D eigenvalue weighted by atomic mass is 16.2. The van der Waals surface area contributed by atoms with Crippen LogP contribution in [0.25, 0.3) is 10.8 Å². The van der Waals surface area contributed by atoms with Crippen LogP contribution < -0.4 is 16.4 Å². The van der Waals surface area contributed by atoms with Gasteiger partial charge < -0.3 is 16.4 Å². The average molecular weight is 272 g/mol. The summed E-state index contributed by atoms with van der Waals surface area (Å²) in [6.45, 7) is 5.68. The third-order valence-corrected chi connectivity index (χ3v) is 3.06. The van der Waals surface area contributed by atoms with Crippen LogP contribution in [-0.4, -0.2) is 23.0 Å². The second-order valence-corrected chi connectivity index (χ2v) is 5.15. The fraction of sp³-hybridized carbons (Fsp3) is 0.333. The minimum absolute atomic E-state index is 0.0470. The summed E-state index contributed by atoms with van der Waals surface area (Å²) in [5.74, 6) is -0.0470. The maximum atomic E-state index is 11.9. The molecule has 2 rings (SSSR count). The zero-order valence-electron chi connectivity index (χ0n) is 12.0. The Labute approximate surface area is 118 Å². The lowest BCUT2D eigenvalue weighted by Gasteiger charge is -2.18. The van der Waals surface area contributed by atoms with Gasteiger partial charge in [-0.1, -0.05) is 6.07 Å². The number of anilines is 2. The van der Waals surface area contributed by atoms with Crippen LogP contribution >= 0.6 is 0 Å². The van der Waals surface area contributed by atoms with E-state index < -0.39 is 0 Å². The molecule has 0 fully saturated rings. The van der Waals surface area contributed by atoms with Crippen LogP contribution in [0, 0.1) is 0 Å². The number of fused-ring (bicyclic) bond motifs is 1. The van der Waals surface area contributed by atoms with Crippen molar-refractivity contribution >= 4 is 28.1 Å². The molecule has 1 atom stereocenters. The largest absolute Gasteiger partial charge is 0.397 e.